The van der Waals surface area contributed by atoms with Crippen molar-refractivity contribution < 1.29 is 0 Å². The molecule has 0 spiro atoms. The van der Waals surface area contributed by atoms with Crippen LogP contribution in [0.3, 0.4) is 0 Å². The SMILES string of the molecule is Cc1c(CN2CCN(Cc3ccccc3)CC2)sc2ccccc12. The Kier molecular flexibility index (Phi) is 4.65. The predicted octanol–water partition coefficient (Wildman–Crippen LogP) is 4.53. The summed E-state index contributed by atoms with van der Waals surface area (Å²) in [6.07, 6.45) is 0. The summed E-state index contributed by atoms with van der Waals surface area (Å²) >= 11 is 1.97. The number of hydrogen-bond acceptors (Lipinski definition) is 3. The molecule has 1 saturated heterocycles. The summed E-state index contributed by atoms with van der Waals surface area (Å²) in [4.78, 5) is 6.72. The number of nitrogens with zero attached hydrogens (tertiary/aromatic N) is 2. The lowest BCUT2D eigenvalue weighted by atomic mass is 10.1. The molecule has 0 radical (unpaired) electrons. The lowest BCUT2D eigenvalue weighted by Crippen LogP contribution is -2.45. The summed E-state index contributed by atoms with van der Waals surface area (Å²) in [6, 6.07) is 19.6. The van der Waals surface area contributed by atoms with E-state index in [0.29, 0.717) is 0 Å². The van der Waals surface area contributed by atoms with Gasteiger partial charge in [0, 0.05) is 48.8 Å². The fraction of sp³-hybridized carbons (Fsp3) is 0.333. The first kappa shape index (κ1) is 15.8. The van der Waals surface area contributed by atoms with Crippen LogP contribution in [0.2, 0.25) is 0 Å². The fourth-order valence-electron chi connectivity index (χ4n) is 3.53. The second-order valence-electron chi connectivity index (χ2n) is 6.68. The smallest absolute Gasteiger partial charge is 0.0348 e. The zero-order valence-electron chi connectivity index (χ0n) is 14.2. The van der Waals surface area contributed by atoms with Gasteiger partial charge in [-0.05, 0) is 29.5 Å². The molecule has 1 aliphatic heterocycles. The third-order valence-electron chi connectivity index (χ3n) is 5.02. The van der Waals surface area contributed by atoms with Crippen LogP contribution < -0.4 is 0 Å². The van der Waals surface area contributed by atoms with E-state index in [1.807, 2.05) is 11.3 Å². The highest BCUT2D eigenvalue weighted by Gasteiger charge is 2.19. The molecule has 2 nitrogen and oxygen atoms in total. The molecule has 1 aliphatic rings. The largest absolute Gasteiger partial charge is 0.297 e. The van der Waals surface area contributed by atoms with Crippen molar-refractivity contribution >= 4 is 21.4 Å². The van der Waals surface area contributed by atoms with Crippen molar-refractivity contribution in [3.05, 3.63) is 70.6 Å². The van der Waals surface area contributed by atoms with Crippen molar-refractivity contribution in [3.8, 4) is 0 Å². The summed E-state index contributed by atoms with van der Waals surface area (Å²) in [6.45, 7) is 9.12. The number of piperazine rings is 1. The molecule has 24 heavy (non-hydrogen) atoms. The third kappa shape index (κ3) is 3.39. The monoisotopic (exact) mass is 336 g/mol. The predicted molar refractivity (Wildman–Crippen MR) is 104 cm³/mol. The van der Waals surface area contributed by atoms with Gasteiger partial charge < -0.3 is 0 Å². The van der Waals surface area contributed by atoms with E-state index in [1.165, 1.54) is 52.3 Å². The maximum absolute atomic E-state index is 2.61. The van der Waals surface area contributed by atoms with Crippen molar-refractivity contribution in [2.45, 2.75) is 20.0 Å². The second-order valence-corrected chi connectivity index (χ2v) is 7.82. The molecule has 1 fully saturated rings. The highest BCUT2D eigenvalue weighted by molar-refractivity contribution is 7.19. The number of fused-ring (bicyclic) bond motifs is 1. The van der Waals surface area contributed by atoms with Crippen molar-refractivity contribution in [2.24, 2.45) is 0 Å². The Morgan fingerprint density at radius 3 is 2.12 bits per heavy atom. The van der Waals surface area contributed by atoms with E-state index >= 15 is 0 Å². The van der Waals surface area contributed by atoms with Gasteiger partial charge >= 0.3 is 0 Å². The first-order valence-corrected chi connectivity index (χ1v) is 9.57. The number of aryl methyl sites for hydroxylation is 1. The van der Waals surface area contributed by atoms with Crippen LogP contribution in [-0.2, 0) is 13.1 Å². The summed E-state index contributed by atoms with van der Waals surface area (Å²) < 4.78 is 1.42. The van der Waals surface area contributed by atoms with Crippen molar-refractivity contribution in [1.82, 2.24) is 9.80 Å². The maximum atomic E-state index is 2.61. The van der Waals surface area contributed by atoms with Crippen LogP contribution in [0, 0.1) is 6.92 Å². The molecule has 2 aromatic carbocycles. The Labute approximate surface area is 148 Å². The van der Waals surface area contributed by atoms with Crippen LogP contribution in [0.5, 0.6) is 0 Å². The Bertz CT molecular complexity index is 801. The Morgan fingerprint density at radius 2 is 1.42 bits per heavy atom. The molecule has 0 saturated carbocycles. The summed E-state index contributed by atoms with van der Waals surface area (Å²) in [7, 11) is 0. The highest BCUT2D eigenvalue weighted by atomic mass is 32.1. The minimum Gasteiger partial charge on any atom is -0.297 e. The van der Waals surface area contributed by atoms with E-state index < -0.39 is 0 Å². The van der Waals surface area contributed by atoms with Crippen LogP contribution in [-0.4, -0.2) is 36.0 Å². The van der Waals surface area contributed by atoms with Crippen molar-refractivity contribution in [2.75, 3.05) is 26.2 Å². The van der Waals surface area contributed by atoms with Gasteiger partial charge in [-0.3, -0.25) is 9.80 Å². The summed E-state index contributed by atoms with van der Waals surface area (Å²) in [5.74, 6) is 0. The molecule has 3 aromatic rings. The highest BCUT2D eigenvalue weighted by Crippen LogP contribution is 2.31. The van der Waals surface area contributed by atoms with Crippen LogP contribution in [0.25, 0.3) is 10.1 Å². The molecule has 124 valence electrons. The average Bonchev–Trinajstić information content (AvgIpc) is 2.94. The van der Waals surface area contributed by atoms with Gasteiger partial charge in [-0.15, -0.1) is 11.3 Å². The Morgan fingerprint density at radius 1 is 0.792 bits per heavy atom. The van der Waals surface area contributed by atoms with E-state index in [0.717, 1.165) is 13.1 Å². The van der Waals surface area contributed by atoms with Gasteiger partial charge in [0.05, 0.1) is 0 Å². The standard InChI is InChI=1S/C21H24N2S/c1-17-19-9-5-6-10-20(19)24-21(17)16-23-13-11-22(12-14-23)15-18-7-3-2-4-8-18/h2-10H,11-16H2,1H3. The molecule has 1 aromatic heterocycles. The Balaban J connectivity index is 1.36. The molecular weight excluding hydrogens is 312 g/mol. The Hall–Kier alpha value is -1.68. The number of rotatable bonds is 4. The van der Waals surface area contributed by atoms with Gasteiger partial charge in [0.1, 0.15) is 0 Å². The molecule has 4 rings (SSSR count). The maximum Gasteiger partial charge on any atom is 0.0348 e. The number of thiophene rings is 1. The fourth-order valence-corrected chi connectivity index (χ4v) is 4.78. The molecule has 0 aliphatic carbocycles. The normalized spacial score (nSPS) is 16.7. The summed E-state index contributed by atoms with van der Waals surface area (Å²) in [5, 5.41) is 1.43. The zero-order chi connectivity index (χ0) is 16.4. The van der Waals surface area contributed by atoms with Gasteiger partial charge in [-0.1, -0.05) is 48.5 Å². The number of benzene rings is 2. The van der Waals surface area contributed by atoms with E-state index in [-0.39, 0.29) is 0 Å². The minimum absolute atomic E-state index is 1.08. The molecule has 0 unspecified atom stereocenters. The molecule has 0 atom stereocenters. The van der Waals surface area contributed by atoms with Gasteiger partial charge in [0.15, 0.2) is 0 Å². The first-order valence-electron chi connectivity index (χ1n) is 8.75. The lowest BCUT2D eigenvalue weighted by Gasteiger charge is -2.34. The molecular formula is C21H24N2S. The molecule has 2 heterocycles. The van der Waals surface area contributed by atoms with Crippen molar-refractivity contribution in [3.63, 3.8) is 0 Å². The third-order valence-corrected chi connectivity index (χ3v) is 6.28. The van der Waals surface area contributed by atoms with E-state index in [2.05, 4.69) is 71.3 Å². The zero-order valence-corrected chi connectivity index (χ0v) is 15.1. The van der Waals surface area contributed by atoms with E-state index in [4.69, 9.17) is 0 Å². The molecule has 0 amide bonds. The molecule has 0 bridgehead atoms. The van der Waals surface area contributed by atoms with Gasteiger partial charge in [0.2, 0.25) is 0 Å². The topological polar surface area (TPSA) is 6.48 Å². The van der Waals surface area contributed by atoms with Crippen LogP contribution in [0.1, 0.15) is 16.0 Å². The summed E-state index contributed by atoms with van der Waals surface area (Å²) in [5.41, 5.74) is 2.90. The van der Waals surface area contributed by atoms with Crippen molar-refractivity contribution in [1.29, 1.82) is 0 Å². The van der Waals surface area contributed by atoms with E-state index in [1.54, 1.807) is 0 Å². The first-order chi connectivity index (χ1) is 11.8. The number of hydrogen-bond donors (Lipinski definition) is 0. The van der Waals surface area contributed by atoms with Gasteiger partial charge in [-0.2, -0.15) is 0 Å². The minimum atomic E-state index is 1.08. The second kappa shape index (κ2) is 7.06. The quantitative estimate of drug-likeness (QED) is 0.691. The average molecular weight is 337 g/mol. The van der Waals surface area contributed by atoms with Crippen LogP contribution in [0.4, 0.5) is 0 Å². The van der Waals surface area contributed by atoms with Crippen LogP contribution >= 0.6 is 11.3 Å². The molecule has 0 N–H and O–H groups in total. The van der Waals surface area contributed by atoms with Gasteiger partial charge in [-0.25, -0.2) is 0 Å². The molecule has 3 heteroatoms. The van der Waals surface area contributed by atoms with Crippen LogP contribution in [0.15, 0.2) is 54.6 Å². The van der Waals surface area contributed by atoms with Gasteiger partial charge in [0.25, 0.3) is 0 Å². The lowest BCUT2D eigenvalue weighted by molar-refractivity contribution is 0.122. The van der Waals surface area contributed by atoms with E-state index in [9.17, 15) is 0 Å².